The summed E-state index contributed by atoms with van der Waals surface area (Å²) in [6, 6.07) is 12.8. The van der Waals surface area contributed by atoms with Crippen LogP contribution in [0.4, 0.5) is 0 Å². The van der Waals surface area contributed by atoms with E-state index in [1.165, 1.54) is 21.7 Å². The minimum absolute atomic E-state index is 0.944. The average molecular weight is 336 g/mol. The number of hydrogen-bond donors (Lipinski definition) is 1. The largest absolute Gasteiger partial charge is 0.313 e. The first-order chi connectivity index (χ1) is 9.29. The van der Waals surface area contributed by atoms with Crippen molar-refractivity contribution in [3.05, 3.63) is 51.8 Å². The number of hydrogen-bond acceptors (Lipinski definition) is 2. The summed E-state index contributed by atoms with van der Waals surface area (Å²) in [5.41, 5.74) is 1.27. The minimum atomic E-state index is 0.944. The molecule has 3 heteroatoms. The van der Waals surface area contributed by atoms with Crippen LogP contribution in [0.15, 0.2) is 46.9 Å². The van der Waals surface area contributed by atoms with Crippen LogP contribution in [-0.2, 0) is 0 Å². The predicted molar refractivity (Wildman–Crippen MR) is 89.6 cm³/mol. The highest BCUT2D eigenvalue weighted by atomic mass is 79.9. The summed E-state index contributed by atoms with van der Waals surface area (Å²) in [6.45, 7) is 4.21. The lowest BCUT2D eigenvalue weighted by molar-refractivity contribution is 0.730. The number of benzene rings is 1. The third kappa shape index (κ3) is 4.60. The van der Waals surface area contributed by atoms with Crippen LogP contribution in [0.1, 0.15) is 18.2 Å². The van der Waals surface area contributed by atoms with E-state index in [0.717, 1.165) is 17.6 Å². The summed E-state index contributed by atoms with van der Waals surface area (Å²) >= 11 is 5.29. The van der Waals surface area contributed by atoms with E-state index in [0.29, 0.717) is 0 Å². The Morgan fingerprint density at radius 1 is 1.16 bits per heavy atom. The van der Waals surface area contributed by atoms with Gasteiger partial charge >= 0.3 is 0 Å². The molecule has 1 nitrogen and oxygen atoms in total. The fraction of sp³-hybridized carbons (Fsp3) is 0.250. The smallest absolute Gasteiger partial charge is 0.0349 e. The highest BCUT2D eigenvalue weighted by molar-refractivity contribution is 9.10. The summed E-state index contributed by atoms with van der Waals surface area (Å²) in [5, 5.41) is 3.36. The van der Waals surface area contributed by atoms with Crippen molar-refractivity contribution in [1.82, 2.24) is 5.32 Å². The Labute approximate surface area is 127 Å². The molecule has 0 radical (unpaired) electrons. The number of rotatable bonds is 6. The second-order valence-electron chi connectivity index (χ2n) is 4.32. The molecule has 1 N–H and O–H groups in total. The first-order valence-electron chi connectivity index (χ1n) is 6.52. The molecular weight excluding hydrogens is 318 g/mol. The third-order valence-corrected chi connectivity index (χ3v) is 4.35. The Morgan fingerprint density at radius 3 is 2.68 bits per heavy atom. The Kier molecular flexibility index (Phi) is 5.83. The van der Waals surface area contributed by atoms with Crippen molar-refractivity contribution >= 4 is 33.3 Å². The van der Waals surface area contributed by atoms with E-state index in [1.54, 1.807) is 0 Å². The fourth-order valence-electron chi connectivity index (χ4n) is 1.75. The van der Waals surface area contributed by atoms with Crippen LogP contribution in [0.3, 0.4) is 0 Å². The first kappa shape index (κ1) is 14.5. The first-order valence-corrected chi connectivity index (χ1v) is 8.13. The summed E-state index contributed by atoms with van der Waals surface area (Å²) in [4.78, 5) is 2.62. The molecule has 0 spiro atoms. The van der Waals surface area contributed by atoms with Crippen molar-refractivity contribution in [3.8, 4) is 10.4 Å². The highest BCUT2D eigenvalue weighted by Crippen LogP contribution is 2.29. The monoisotopic (exact) mass is 335 g/mol. The lowest BCUT2D eigenvalue weighted by atomic mass is 10.2. The molecule has 1 aromatic carbocycles. The molecule has 0 unspecified atom stereocenters. The van der Waals surface area contributed by atoms with Crippen molar-refractivity contribution in [2.75, 3.05) is 13.1 Å². The zero-order valence-corrected chi connectivity index (χ0v) is 13.4. The molecule has 2 rings (SSSR count). The molecule has 1 heterocycles. The third-order valence-electron chi connectivity index (χ3n) is 2.73. The van der Waals surface area contributed by atoms with Crippen molar-refractivity contribution in [1.29, 1.82) is 0 Å². The van der Waals surface area contributed by atoms with Gasteiger partial charge in [-0.05, 0) is 48.9 Å². The van der Waals surface area contributed by atoms with E-state index in [4.69, 9.17) is 0 Å². The van der Waals surface area contributed by atoms with Crippen LogP contribution < -0.4 is 5.32 Å². The van der Waals surface area contributed by atoms with Crippen molar-refractivity contribution in [3.63, 3.8) is 0 Å². The van der Waals surface area contributed by atoms with Gasteiger partial charge in [-0.15, -0.1) is 11.3 Å². The SMILES string of the molecule is CCCNCC=Cc1ccc(-c2ccc(Br)cc2)s1. The van der Waals surface area contributed by atoms with Gasteiger partial charge in [0.1, 0.15) is 0 Å². The summed E-state index contributed by atoms with van der Waals surface area (Å²) in [7, 11) is 0. The topological polar surface area (TPSA) is 12.0 Å². The van der Waals surface area contributed by atoms with E-state index in [1.807, 2.05) is 11.3 Å². The van der Waals surface area contributed by atoms with Gasteiger partial charge in [-0.25, -0.2) is 0 Å². The summed E-state index contributed by atoms with van der Waals surface area (Å²) in [6.07, 6.45) is 5.56. The second-order valence-corrected chi connectivity index (χ2v) is 6.35. The van der Waals surface area contributed by atoms with Gasteiger partial charge in [0, 0.05) is 20.8 Å². The van der Waals surface area contributed by atoms with Crippen molar-refractivity contribution < 1.29 is 0 Å². The van der Waals surface area contributed by atoms with Gasteiger partial charge in [0.15, 0.2) is 0 Å². The molecule has 1 aromatic heterocycles. The Bertz CT molecular complexity index is 528. The molecule has 0 fully saturated rings. The Morgan fingerprint density at radius 2 is 1.95 bits per heavy atom. The molecule has 100 valence electrons. The highest BCUT2D eigenvalue weighted by Gasteiger charge is 2.00. The fourth-order valence-corrected chi connectivity index (χ4v) is 2.96. The predicted octanol–water partition coefficient (Wildman–Crippen LogP) is 5.19. The normalized spacial score (nSPS) is 11.3. The zero-order chi connectivity index (χ0) is 13.5. The molecule has 0 aliphatic carbocycles. The standard InChI is InChI=1S/C16H18BrNS/c1-2-11-18-12-3-4-15-9-10-16(19-15)13-5-7-14(17)8-6-13/h3-10,18H,2,11-12H2,1H3. The van der Waals surface area contributed by atoms with Crippen molar-refractivity contribution in [2.45, 2.75) is 13.3 Å². The van der Waals surface area contributed by atoms with Gasteiger partial charge in [0.25, 0.3) is 0 Å². The van der Waals surface area contributed by atoms with Gasteiger partial charge in [-0.3, -0.25) is 0 Å². The molecule has 0 saturated carbocycles. The number of nitrogens with one attached hydrogen (secondary N) is 1. The molecular formula is C16H18BrNS. The molecule has 2 aromatic rings. The molecule has 0 aliphatic rings. The molecule has 0 aliphatic heterocycles. The van der Waals surface area contributed by atoms with E-state index in [9.17, 15) is 0 Å². The van der Waals surface area contributed by atoms with Gasteiger partial charge in [-0.1, -0.05) is 41.1 Å². The maximum absolute atomic E-state index is 3.46. The summed E-state index contributed by atoms with van der Waals surface area (Å²) in [5.74, 6) is 0. The molecule has 0 atom stereocenters. The zero-order valence-electron chi connectivity index (χ0n) is 11.0. The Balaban J connectivity index is 1.97. The van der Waals surface area contributed by atoms with E-state index < -0.39 is 0 Å². The maximum atomic E-state index is 3.46. The molecule has 19 heavy (non-hydrogen) atoms. The van der Waals surface area contributed by atoms with E-state index >= 15 is 0 Å². The quantitative estimate of drug-likeness (QED) is 0.716. The lowest BCUT2D eigenvalue weighted by Gasteiger charge is -1.97. The van der Waals surface area contributed by atoms with Crippen LogP contribution in [0.2, 0.25) is 0 Å². The van der Waals surface area contributed by atoms with Gasteiger partial charge in [0.05, 0.1) is 0 Å². The van der Waals surface area contributed by atoms with Crippen LogP contribution in [0.5, 0.6) is 0 Å². The number of thiophene rings is 1. The van der Waals surface area contributed by atoms with Crippen molar-refractivity contribution in [2.24, 2.45) is 0 Å². The average Bonchev–Trinajstić information content (AvgIpc) is 2.88. The summed E-state index contributed by atoms with van der Waals surface area (Å²) < 4.78 is 1.12. The van der Waals surface area contributed by atoms with Crippen LogP contribution in [-0.4, -0.2) is 13.1 Å². The minimum Gasteiger partial charge on any atom is -0.313 e. The van der Waals surface area contributed by atoms with Gasteiger partial charge < -0.3 is 5.32 Å². The van der Waals surface area contributed by atoms with Crippen LogP contribution in [0.25, 0.3) is 16.5 Å². The second kappa shape index (κ2) is 7.63. The molecule has 0 amide bonds. The van der Waals surface area contributed by atoms with E-state index in [-0.39, 0.29) is 0 Å². The van der Waals surface area contributed by atoms with Crippen LogP contribution in [0, 0.1) is 0 Å². The molecule has 0 saturated heterocycles. The van der Waals surface area contributed by atoms with Gasteiger partial charge in [-0.2, -0.15) is 0 Å². The van der Waals surface area contributed by atoms with Gasteiger partial charge in [0.2, 0.25) is 0 Å². The van der Waals surface area contributed by atoms with Crippen LogP contribution >= 0.6 is 27.3 Å². The number of halogens is 1. The Hall–Kier alpha value is -0.900. The maximum Gasteiger partial charge on any atom is 0.0349 e. The lowest BCUT2D eigenvalue weighted by Crippen LogP contribution is -2.13. The molecule has 0 bridgehead atoms. The van der Waals surface area contributed by atoms with E-state index in [2.05, 4.69) is 76.7 Å².